The van der Waals surface area contributed by atoms with E-state index in [1.807, 2.05) is 6.07 Å². The molecular formula is C20H24N2O5S. The highest BCUT2D eigenvalue weighted by Gasteiger charge is 2.42. The molecule has 1 aromatic rings. The fraction of sp³-hybridized carbons (Fsp3) is 0.450. The van der Waals surface area contributed by atoms with Crippen LogP contribution in [0.4, 0.5) is 0 Å². The number of fused-ring (bicyclic) bond motifs is 1. The number of thioether (sulfide) groups is 1. The quantitative estimate of drug-likeness (QED) is 0.701. The van der Waals surface area contributed by atoms with Gasteiger partial charge in [0.2, 0.25) is 5.91 Å². The first-order valence-corrected chi connectivity index (χ1v) is 10.0. The molecule has 0 N–H and O–H groups in total. The Bertz CT molecular complexity index is 862. The van der Waals surface area contributed by atoms with Gasteiger partial charge in [-0.2, -0.15) is 0 Å². The Balaban J connectivity index is 2.16. The summed E-state index contributed by atoms with van der Waals surface area (Å²) in [6, 6.07) is 4.76. The van der Waals surface area contributed by atoms with Crippen molar-refractivity contribution in [1.29, 1.82) is 0 Å². The van der Waals surface area contributed by atoms with E-state index in [1.54, 1.807) is 52.0 Å². The second kappa shape index (κ2) is 8.26. The molecule has 0 radical (unpaired) electrons. The molecule has 7 nitrogen and oxygen atoms in total. The van der Waals surface area contributed by atoms with E-state index in [4.69, 9.17) is 14.2 Å². The van der Waals surface area contributed by atoms with Crippen molar-refractivity contribution in [2.24, 2.45) is 4.99 Å². The predicted molar refractivity (Wildman–Crippen MR) is 108 cm³/mol. The smallest absolute Gasteiger partial charge is 0.338 e. The molecule has 1 fully saturated rings. The average molecular weight is 404 g/mol. The van der Waals surface area contributed by atoms with Crippen LogP contribution in [0.25, 0.3) is 0 Å². The highest BCUT2D eigenvalue weighted by atomic mass is 32.2. The highest BCUT2D eigenvalue weighted by Crippen LogP contribution is 2.42. The minimum Gasteiger partial charge on any atom is -0.493 e. The van der Waals surface area contributed by atoms with Crippen LogP contribution in [0, 0.1) is 0 Å². The zero-order chi connectivity index (χ0) is 20.4. The summed E-state index contributed by atoms with van der Waals surface area (Å²) in [4.78, 5) is 31.8. The zero-order valence-electron chi connectivity index (χ0n) is 16.6. The number of esters is 1. The number of ether oxygens (including phenoxy) is 3. The van der Waals surface area contributed by atoms with Gasteiger partial charge in [-0.25, -0.2) is 9.79 Å². The van der Waals surface area contributed by atoms with Crippen molar-refractivity contribution in [3.63, 3.8) is 0 Å². The summed E-state index contributed by atoms with van der Waals surface area (Å²) in [5.74, 6) is 1.22. The lowest BCUT2D eigenvalue weighted by molar-refractivity contribution is -0.143. The van der Waals surface area contributed by atoms with Gasteiger partial charge < -0.3 is 14.2 Å². The average Bonchev–Trinajstić information content (AvgIpc) is 2.65. The topological polar surface area (TPSA) is 77.4 Å². The van der Waals surface area contributed by atoms with Gasteiger partial charge in [0.1, 0.15) is 0 Å². The lowest BCUT2D eigenvalue weighted by Gasteiger charge is -2.39. The molecule has 2 heterocycles. The van der Waals surface area contributed by atoms with E-state index in [2.05, 4.69) is 4.99 Å². The van der Waals surface area contributed by atoms with Gasteiger partial charge in [0.15, 0.2) is 16.7 Å². The molecule has 0 aromatic heterocycles. The fourth-order valence-corrected chi connectivity index (χ4v) is 4.28. The molecule has 8 heteroatoms. The van der Waals surface area contributed by atoms with Crippen LogP contribution >= 0.6 is 11.8 Å². The largest absolute Gasteiger partial charge is 0.493 e. The van der Waals surface area contributed by atoms with Crippen molar-refractivity contribution in [1.82, 2.24) is 4.90 Å². The number of benzene rings is 1. The van der Waals surface area contributed by atoms with Gasteiger partial charge in [-0.15, -0.1) is 0 Å². The first-order chi connectivity index (χ1) is 13.4. The van der Waals surface area contributed by atoms with Crippen LogP contribution < -0.4 is 9.47 Å². The summed E-state index contributed by atoms with van der Waals surface area (Å²) >= 11 is 1.51. The van der Waals surface area contributed by atoms with Crippen LogP contribution in [-0.4, -0.2) is 48.0 Å². The third-order valence-electron chi connectivity index (χ3n) is 4.49. The van der Waals surface area contributed by atoms with Gasteiger partial charge in [-0.3, -0.25) is 9.69 Å². The van der Waals surface area contributed by atoms with Crippen LogP contribution in [0.5, 0.6) is 11.5 Å². The van der Waals surface area contributed by atoms with Crippen molar-refractivity contribution in [3.8, 4) is 11.5 Å². The number of amides is 1. The van der Waals surface area contributed by atoms with Crippen LogP contribution in [0.15, 0.2) is 34.5 Å². The van der Waals surface area contributed by atoms with Crippen molar-refractivity contribution in [3.05, 3.63) is 35.0 Å². The molecule has 0 saturated carbocycles. The van der Waals surface area contributed by atoms with Crippen molar-refractivity contribution in [2.75, 3.05) is 20.0 Å². The van der Waals surface area contributed by atoms with E-state index in [9.17, 15) is 9.59 Å². The third kappa shape index (κ3) is 3.73. The van der Waals surface area contributed by atoms with Crippen molar-refractivity contribution < 1.29 is 23.8 Å². The molecule has 150 valence electrons. The number of rotatable bonds is 5. The molecular weight excluding hydrogens is 380 g/mol. The maximum absolute atomic E-state index is 12.9. The fourth-order valence-electron chi connectivity index (χ4n) is 3.27. The first kappa shape index (κ1) is 20.3. The molecule has 1 saturated heterocycles. The summed E-state index contributed by atoms with van der Waals surface area (Å²) in [7, 11) is 3.11. The van der Waals surface area contributed by atoms with E-state index >= 15 is 0 Å². The molecule has 1 amide bonds. The van der Waals surface area contributed by atoms with Gasteiger partial charge in [-0.05, 0) is 38.5 Å². The monoisotopic (exact) mass is 404 g/mol. The number of amidine groups is 1. The SMILES string of the molecule is COc1ccc(C2C(C(=O)OC(C)C)=C(C)N=C3SCCC(=O)N32)cc1OC. The Kier molecular flexibility index (Phi) is 5.98. The van der Waals surface area contributed by atoms with Gasteiger partial charge >= 0.3 is 5.97 Å². The Morgan fingerprint density at radius 2 is 1.96 bits per heavy atom. The Hall–Kier alpha value is -2.48. The Labute approximate surface area is 168 Å². The van der Waals surface area contributed by atoms with Crippen LogP contribution in [-0.2, 0) is 14.3 Å². The number of methoxy groups -OCH3 is 2. The second-order valence-corrected chi connectivity index (χ2v) is 7.79. The van der Waals surface area contributed by atoms with Gasteiger partial charge in [0.05, 0.1) is 37.6 Å². The van der Waals surface area contributed by atoms with E-state index in [-0.39, 0.29) is 12.0 Å². The van der Waals surface area contributed by atoms with Crippen molar-refractivity contribution >= 4 is 28.8 Å². The Morgan fingerprint density at radius 1 is 1.25 bits per heavy atom. The molecule has 28 heavy (non-hydrogen) atoms. The minimum atomic E-state index is -0.626. The van der Waals surface area contributed by atoms with Crippen LogP contribution in [0.2, 0.25) is 0 Å². The number of aliphatic imine (C=N–C) groups is 1. The summed E-state index contributed by atoms with van der Waals surface area (Å²) in [5, 5.41) is 0.606. The molecule has 1 aromatic carbocycles. The number of allylic oxidation sites excluding steroid dienone is 1. The Morgan fingerprint density at radius 3 is 2.61 bits per heavy atom. The third-order valence-corrected chi connectivity index (χ3v) is 5.45. The number of nitrogens with zero attached hydrogens (tertiary/aromatic N) is 2. The van der Waals surface area contributed by atoms with Gasteiger partial charge in [0.25, 0.3) is 0 Å². The van der Waals surface area contributed by atoms with E-state index < -0.39 is 12.0 Å². The molecule has 3 rings (SSSR count). The van der Waals surface area contributed by atoms with E-state index in [1.165, 1.54) is 11.8 Å². The second-order valence-electron chi connectivity index (χ2n) is 6.73. The van der Waals surface area contributed by atoms with E-state index in [0.29, 0.717) is 40.1 Å². The number of hydrogen-bond donors (Lipinski definition) is 0. The first-order valence-electron chi connectivity index (χ1n) is 9.04. The summed E-state index contributed by atoms with van der Waals surface area (Å²) in [6.07, 6.45) is 0.106. The van der Waals surface area contributed by atoms with Gasteiger partial charge in [-0.1, -0.05) is 17.8 Å². The maximum atomic E-state index is 12.9. The lowest BCUT2D eigenvalue weighted by atomic mass is 9.93. The van der Waals surface area contributed by atoms with Crippen LogP contribution in [0.3, 0.4) is 0 Å². The molecule has 0 bridgehead atoms. The molecule has 1 unspecified atom stereocenters. The number of hydrogen-bond acceptors (Lipinski definition) is 7. The minimum absolute atomic E-state index is 0.0698. The molecule has 0 spiro atoms. The summed E-state index contributed by atoms with van der Waals surface area (Å²) in [6.45, 7) is 5.35. The summed E-state index contributed by atoms with van der Waals surface area (Å²) < 4.78 is 16.2. The maximum Gasteiger partial charge on any atom is 0.338 e. The highest BCUT2D eigenvalue weighted by molar-refractivity contribution is 8.14. The van der Waals surface area contributed by atoms with Crippen LogP contribution in [0.1, 0.15) is 38.8 Å². The normalized spacial score (nSPS) is 19.4. The van der Waals surface area contributed by atoms with E-state index in [0.717, 1.165) is 5.56 Å². The molecule has 1 atom stereocenters. The molecule has 2 aliphatic heterocycles. The molecule has 2 aliphatic rings. The van der Waals surface area contributed by atoms with Gasteiger partial charge in [0, 0.05) is 12.2 Å². The lowest BCUT2D eigenvalue weighted by Crippen LogP contribution is -2.46. The predicted octanol–water partition coefficient (Wildman–Crippen LogP) is 3.31. The summed E-state index contributed by atoms with van der Waals surface area (Å²) in [5.41, 5.74) is 1.65. The standard InChI is InChI=1S/C20H24N2O5S/c1-11(2)27-19(24)17-12(3)21-20-22(16(23)8-9-28-20)18(17)13-6-7-14(25-4)15(10-13)26-5/h6-7,10-11,18H,8-9H2,1-5H3. The zero-order valence-corrected chi connectivity index (χ0v) is 17.5. The van der Waals surface area contributed by atoms with Crippen molar-refractivity contribution in [2.45, 2.75) is 39.3 Å². The number of carbonyl (C=O) groups is 2. The molecule has 0 aliphatic carbocycles. The number of carbonyl (C=O) groups excluding carboxylic acids is 2.